The first kappa shape index (κ1) is 11.2. The van der Waals surface area contributed by atoms with Crippen LogP contribution in [0.3, 0.4) is 0 Å². The first-order chi connectivity index (χ1) is 8.13. The Bertz CT molecular complexity index is 530. The number of aromatic nitrogens is 3. The van der Waals surface area contributed by atoms with Crippen molar-refractivity contribution in [3.8, 4) is 0 Å². The lowest BCUT2D eigenvalue weighted by atomic mass is 10.4. The standard InChI is InChI=1S/C10H12N4O3/c1-6-13-8(10(15)16-2)9(11)14(6)5-7-3-4-12-17-7/h3-4H,5,11H2,1-2H3. The molecule has 0 aliphatic heterocycles. The van der Waals surface area contributed by atoms with Gasteiger partial charge in [0, 0.05) is 6.07 Å². The van der Waals surface area contributed by atoms with Crippen LogP contribution < -0.4 is 5.73 Å². The molecule has 7 nitrogen and oxygen atoms in total. The molecule has 0 aliphatic rings. The second kappa shape index (κ2) is 4.28. The largest absolute Gasteiger partial charge is 0.464 e. The minimum absolute atomic E-state index is 0.115. The van der Waals surface area contributed by atoms with Crippen molar-refractivity contribution in [3.63, 3.8) is 0 Å². The van der Waals surface area contributed by atoms with Crippen molar-refractivity contribution < 1.29 is 14.1 Å². The van der Waals surface area contributed by atoms with E-state index in [-0.39, 0.29) is 11.5 Å². The summed E-state index contributed by atoms with van der Waals surface area (Å²) in [4.78, 5) is 15.5. The molecule has 0 unspecified atom stereocenters. The average molecular weight is 236 g/mol. The molecular formula is C10H12N4O3. The Balaban J connectivity index is 2.35. The molecule has 0 amide bonds. The Hall–Kier alpha value is -2.31. The molecule has 0 saturated carbocycles. The fourth-order valence-electron chi connectivity index (χ4n) is 1.51. The van der Waals surface area contributed by atoms with E-state index in [1.807, 2.05) is 0 Å². The molecule has 2 heterocycles. The van der Waals surface area contributed by atoms with Gasteiger partial charge >= 0.3 is 5.97 Å². The summed E-state index contributed by atoms with van der Waals surface area (Å²) in [7, 11) is 1.28. The number of aryl methyl sites for hydroxylation is 1. The highest BCUT2D eigenvalue weighted by atomic mass is 16.5. The van der Waals surface area contributed by atoms with Gasteiger partial charge in [-0.2, -0.15) is 0 Å². The number of nitrogens with two attached hydrogens (primary N) is 1. The molecule has 2 aromatic heterocycles. The molecular weight excluding hydrogens is 224 g/mol. The second-order valence-corrected chi connectivity index (χ2v) is 3.45. The lowest BCUT2D eigenvalue weighted by Gasteiger charge is -2.04. The van der Waals surface area contributed by atoms with Gasteiger partial charge in [0.25, 0.3) is 0 Å². The maximum absolute atomic E-state index is 11.4. The zero-order valence-electron chi connectivity index (χ0n) is 9.51. The van der Waals surface area contributed by atoms with Crippen LogP contribution in [0.5, 0.6) is 0 Å². The van der Waals surface area contributed by atoms with E-state index in [1.165, 1.54) is 7.11 Å². The van der Waals surface area contributed by atoms with Crippen LogP contribution in [0.1, 0.15) is 22.1 Å². The number of rotatable bonds is 3. The molecule has 0 bridgehead atoms. The van der Waals surface area contributed by atoms with Gasteiger partial charge in [-0.1, -0.05) is 5.16 Å². The van der Waals surface area contributed by atoms with Crippen molar-refractivity contribution in [1.29, 1.82) is 0 Å². The number of hydrogen-bond acceptors (Lipinski definition) is 6. The SMILES string of the molecule is COC(=O)c1nc(C)n(Cc2ccno2)c1N. The van der Waals surface area contributed by atoms with Crippen molar-refractivity contribution in [2.45, 2.75) is 13.5 Å². The summed E-state index contributed by atoms with van der Waals surface area (Å²) in [5.74, 6) is 0.945. The normalized spacial score (nSPS) is 10.5. The van der Waals surface area contributed by atoms with Gasteiger partial charge in [0.2, 0.25) is 0 Å². The van der Waals surface area contributed by atoms with Crippen LogP contribution in [0.25, 0.3) is 0 Å². The number of methoxy groups -OCH3 is 1. The summed E-state index contributed by atoms with van der Waals surface area (Å²) in [5.41, 5.74) is 5.95. The fourth-order valence-corrected chi connectivity index (χ4v) is 1.51. The lowest BCUT2D eigenvalue weighted by Crippen LogP contribution is -2.09. The monoisotopic (exact) mass is 236 g/mol. The predicted molar refractivity (Wildman–Crippen MR) is 58.3 cm³/mol. The number of carbonyl (C=O) groups excluding carboxylic acids is 1. The fraction of sp³-hybridized carbons (Fsp3) is 0.300. The number of imidazole rings is 1. The molecule has 0 aromatic carbocycles. The molecule has 0 aliphatic carbocycles. The van der Waals surface area contributed by atoms with E-state index in [4.69, 9.17) is 10.3 Å². The van der Waals surface area contributed by atoms with Gasteiger partial charge < -0.3 is 19.6 Å². The summed E-state index contributed by atoms with van der Waals surface area (Å²) < 4.78 is 11.2. The highest BCUT2D eigenvalue weighted by Crippen LogP contribution is 2.17. The molecule has 2 N–H and O–H groups in total. The Kier molecular flexibility index (Phi) is 2.82. The van der Waals surface area contributed by atoms with E-state index < -0.39 is 5.97 Å². The van der Waals surface area contributed by atoms with E-state index in [2.05, 4.69) is 14.9 Å². The smallest absolute Gasteiger partial charge is 0.360 e. The van der Waals surface area contributed by atoms with E-state index in [9.17, 15) is 4.79 Å². The number of hydrogen-bond donors (Lipinski definition) is 1. The molecule has 0 atom stereocenters. The third-order valence-electron chi connectivity index (χ3n) is 2.38. The van der Waals surface area contributed by atoms with Crippen LogP contribution in [-0.4, -0.2) is 27.8 Å². The Morgan fingerprint density at radius 1 is 1.65 bits per heavy atom. The molecule has 2 aromatic rings. The van der Waals surface area contributed by atoms with Crippen LogP contribution in [0.4, 0.5) is 5.82 Å². The van der Waals surface area contributed by atoms with E-state index in [1.54, 1.807) is 23.8 Å². The number of esters is 1. The van der Waals surface area contributed by atoms with Crippen LogP contribution in [0.15, 0.2) is 16.8 Å². The van der Waals surface area contributed by atoms with Crippen molar-refractivity contribution in [1.82, 2.24) is 14.7 Å². The number of nitrogen functional groups attached to an aromatic ring is 1. The van der Waals surface area contributed by atoms with Crippen LogP contribution in [0, 0.1) is 6.92 Å². The van der Waals surface area contributed by atoms with Gasteiger partial charge in [-0.3, -0.25) is 0 Å². The molecule has 0 radical (unpaired) electrons. The zero-order valence-corrected chi connectivity index (χ0v) is 9.51. The first-order valence-corrected chi connectivity index (χ1v) is 4.94. The lowest BCUT2D eigenvalue weighted by molar-refractivity contribution is 0.0595. The molecule has 0 saturated heterocycles. The molecule has 90 valence electrons. The summed E-state index contributed by atoms with van der Waals surface area (Å²) in [6.45, 7) is 2.13. The average Bonchev–Trinajstić information content (AvgIpc) is 2.91. The van der Waals surface area contributed by atoms with Gasteiger partial charge in [0.05, 0.1) is 19.9 Å². The van der Waals surface area contributed by atoms with Crippen LogP contribution in [0.2, 0.25) is 0 Å². The third-order valence-corrected chi connectivity index (χ3v) is 2.38. The quantitative estimate of drug-likeness (QED) is 0.784. The van der Waals surface area contributed by atoms with E-state index in [0.29, 0.717) is 18.1 Å². The number of ether oxygens (including phenoxy) is 1. The van der Waals surface area contributed by atoms with Gasteiger partial charge in [-0.25, -0.2) is 9.78 Å². The van der Waals surface area contributed by atoms with Crippen molar-refractivity contribution in [3.05, 3.63) is 29.5 Å². The first-order valence-electron chi connectivity index (χ1n) is 4.94. The Morgan fingerprint density at radius 3 is 3.00 bits per heavy atom. The molecule has 0 spiro atoms. The molecule has 17 heavy (non-hydrogen) atoms. The van der Waals surface area contributed by atoms with E-state index >= 15 is 0 Å². The van der Waals surface area contributed by atoms with Crippen LogP contribution >= 0.6 is 0 Å². The Labute approximate surface area is 97.2 Å². The number of nitrogens with zero attached hydrogens (tertiary/aromatic N) is 3. The van der Waals surface area contributed by atoms with Gasteiger partial charge in [0.15, 0.2) is 11.5 Å². The second-order valence-electron chi connectivity index (χ2n) is 3.45. The maximum atomic E-state index is 11.4. The summed E-state index contributed by atoms with van der Waals surface area (Å²) in [6.07, 6.45) is 1.54. The molecule has 0 fully saturated rings. The topological polar surface area (TPSA) is 96.2 Å². The van der Waals surface area contributed by atoms with Crippen molar-refractivity contribution in [2.24, 2.45) is 0 Å². The van der Waals surface area contributed by atoms with Gasteiger partial charge in [-0.15, -0.1) is 0 Å². The van der Waals surface area contributed by atoms with Crippen molar-refractivity contribution >= 4 is 11.8 Å². The Morgan fingerprint density at radius 2 is 2.41 bits per heavy atom. The van der Waals surface area contributed by atoms with Crippen LogP contribution in [-0.2, 0) is 11.3 Å². The highest BCUT2D eigenvalue weighted by Gasteiger charge is 2.19. The predicted octanol–water partition coefficient (Wildman–Crippen LogP) is 0.597. The van der Waals surface area contributed by atoms with E-state index in [0.717, 1.165) is 0 Å². The van der Waals surface area contributed by atoms with Gasteiger partial charge in [-0.05, 0) is 6.92 Å². The maximum Gasteiger partial charge on any atom is 0.360 e. The summed E-state index contributed by atoms with van der Waals surface area (Å²) in [5, 5.41) is 3.59. The zero-order chi connectivity index (χ0) is 12.4. The number of anilines is 1. The molecule has 2 rings (SSSR count). The van der Waals surface area contributed by atoms with Gasteiger partial charge in [0.1, 0.15) is 11.6 Å². The minimum atomic E-state index is -0.554. The van der Waals surface area contributed by atoms with Crippen molar-refractivity contribution in [2.75, 3.05) is 12.8 Å². The molecule has 7 heteroatoms. The third kappa shape index (κ3) is 1.99. The highest BCUT2D eigenvalue weighted by molar-refractivity contribution is 5.92. The number of carbonyl (C=O) groups is 1. The summed E-state index contributed by atoms with van der Waals surface area (Å²) >= 11 is 0. The summed E-state index contributed by atoms with van der Waals surface area (Å²) in [6, 6.07) is 1.72. The minimum Gasteiger partial charge on any atom is -0.464 e.